The van der Waals surface area contributed by atoms with Crippen molar-refractivity contribution in [3.63, 3.8) is 0 Å². The highest BCUT2D eigenvalue weighted by Crippen LogP contribution is 2.29. The van der Waals surface area contributed by atoms with Crippen LogP contribution in [0.3, 0.4) is 0 Å². The first kappa shape index (κ1) is 25.2. The molecule has 0 saturated carbocycles. The van der Waals surface area contributed by atoms with E-state index >= 15 is 0 Å². The van der Waals surface area contributed by atoms with Crippen LogP contribution in [0.25, 0.3) is 0 Å². The van der Waals surface area contributed by atoms with Crippen LogP contribution in [0.5, 0.6) is 11.5 Å². The summed E-state index contributed by atoms with van der Waals surface area (Å²) in [6.07, 6.45) is 0.576. The molecule has 1 aliphatic heterocycles. The lowest BCUT2D eigenvalue weighted by atomic mass is 9.99. The summed E-state index contributed by atoms with van der Waals surface area (Å²) in [5.74, 6) is 0.730. The number of esters is 1. The fourth-order valence-corrected chi connectivity index (χ4v) is 3.31. The van der Waals surface area contributed by atoms with Crippen molar-refractivity contribution in [2.24, 2.45) is 16.8 Å². The van der Waals surface area contributed by atoms with Gasteiger partial charge in [-0.2, -0.15) is 8.78 Å². The minimum atomic E-state index is -2.92. The Morgan fingerprint density at radius 3 is 2.62 bits per heavy atom. The molecule has 1 N–H and O–H groups in total. The fraction of sp³-hybridized carbons (Fsp3) is 0.579. The predicted molar refractivity (Wildman–Crippen MR) is 116 cm³/mol. The summed E-state index contributed by atoms with van der Waals surface area (Å²) in [7, 11) is 4.48. The predicted octanol–water partition coefficient (Wildman–Crippen LogP) is 2.77. The lowest BCUT2D eigenvalue weighted by molar-refractivity contribution is -0.146. The molecule has 29 heavy (non-hydrogen) atoms. The van der Waals surface area contributed by atoms with E-state index in [2.05, 4.69) is 15.0 Å². The van der Waals surface area contributed by atoms with Gasteiger partial charge in [0.1, 0.15) is 0 Å². The maximum Gasteiger partial charge on any atom is 0.387 e. The number of carbonyl (C=O) groups excluding carboxylic acids is 1. The van der Waals surface area contributed by atoms with Crippen LogP contribution in [0.1, 0.15) is 12.5 Å². The first-order chi connectivity index (χ1) is 13.4. The highest BCUT2D eigenvalue weighted by atomic mass is 127. The Morgan fingerprint density at radius 1 is 1.31 bits per heavy atom. The van der Waals surface area contributed by atoms with Crippen molar-refractivity contribution in [1.29, 1.82) is 0 Å². The summed E-state index contributed by atoms with van der Waals surface area (Å²) in [6, 6.07) is 4.94. The molecule has 7 nitrogen and oxygen atoms in total. The second-order valence-corrected chi connectivity index (χ2v) is 6.60. The van der Waals surface area contributed by atoms with Crippen LogP contribution in [0.15, 0.2) is 23.2 Å². The van der Waals surface area contributed by atoms with E-state index in [0.717, 1.165) is 5.56 Å². The first-order valence-corrected chi connectivity index (χ1v) is 9.04. The van der Waals surface area contributed by atoms with Crippen LogP contribution in [0.2, 0.25) is 0 Å². The minimum absolute atomic E-state index is 0. The molecule has 1 fully saturated rings. The number of nitrogens with zero attached hydrogens (tertiary/aromatic N) is 2. The van der Waals surface area contributed by atoms with Gasteiger partial charge in [0.25, 0.3) is 0 Å². The molecular weight excluding hydrogens is 499 g/mol. The van der Waals surface area contributed by atoms with Crippen LogP contribution in [0, 0.1) is 11.8 Å². The molecule has 2 atom stereocenters. The van der Waals surface area contributed by atoms with Gasteiger partial charge in [-0.05, 0) is 30.0 Å². The Balaban J connectivity index is 0.00000420. The van der Waals surface area contributed by atoms with Crippen LogP contribution in [-0.2, 0) is 16.0 Å². The number of carbonyl (C=O) groups is 1. The number of nitrogens with one attached hydrogen (secondary N) is 1. The second kappa shape index (κ2) is 12.0. The van der Waals surface area contributed by atoms with Crippen LogP contribution in [0.4, 0.5) is 8.78 Å². The van der Waals surface area contributed by atoms with E-state index < -0.39 is 6.61 Å². The number of guanidine groups is 1. The number of benzene rings is 1. The van der Waals surface area contributed by atoms with Crippen molar-refractivity contribution < 1.29 is 27.8 Å². The summed E-state index contributed by atoms with van der Waals surface area (Å²) in [4.78, 5) is 18.2. The summed E-state index contributed by atoms with van der Waals surface area (Å²) < 4.78 is 39.5. The van der Waals surface area contributed by atoms with Crippen molar-refractivity contribution in [2.75, 3.05) is 40.9 Å². The molecule has 164 valence electrons. The smallest absolute Gasteiger partial charge is 0.387 e. The summed E-state index contributed by atoms with van der Waals surface area (Å²) in [6.45, 7) is 0.884. The molecule has 1 aromatic rings. The molecule has 0 aliphatic carbocycles. The van der Waals surface area contributed by atoms with E-state index in [-0.39, 0.29) is 53.3 Å². The standard InChI is InChI=1S/C19H27F2N3O4.HI/c1-12-10-24(11-14(12)17(25)27-4)19(22-2)23-8-7-13-5-6-15(26-3)16(9-13)28-18(20)21;/h5-6,9,12,14,18H,7-8,10-11H2,1-4H3,(H,22,23);1H. The molecule has 10 heteroatoms. The molecule has 1 heterocycles. The first-order valence-electron chi connectivity index (χ1n) is 9.04. The minimum Gasteiger partial charge on any atom is -0.493 e. The third-order valence-corrected chi connectivity index (χ3v) is 4.77. The van der Waals surface area contributed by atoms with Crippen molar-refractivity contribution >= 4 is 35.9 Å². The molecule has 0 aromatic heterocycles. The van der Waals surface area contributed by atoms with Crippen LogP contribution >= 0.6 is 24.0 Å². The number of hydrogen-bond donors (Lipinski definition) is 1. The summed E-state index contributed by atoms with van der Waals surface area (Å²) >= 11 is 0. The number of rotatable bonds is 7. The SMILES string of the molecule is CN=C(NCCc1ccc(OC)c(OC(F)F)c1)N1CC(C)C(C(=O)OC)C1.I. The maximum absolute atomic E-state index is 12.5. The van der Waals surface area contributed by atoms with Crippen molar-refractivity contribution in [3.8, 4) is 11.5 Å². The number of halogens is 3. The quantitative estimate of drug-likeness (QED) is 0.255. The zero-order valence-electron chi connectivity index (χ0n) is 17.0. The summed E-state index contributed by atoms with van der Waals surface area (Å²) in [5.41, 5.74) is 0.821. The monoisotopic (exact) mass is 527 g/mol. The van der Waals surface area contributed by atoms with Gasteiger partial charge in [0.15, 0.2) is 17.5 Å². The van der Waals surface area contributed by atoms with Gasteiger partial charge in [0.2, 0.25) is 0 Å². The third kappa shape index (κ3) is 6.86. The number of ether oxygens (including phenoxy) is 3. The molecule has 0 bridgehead atoms. The fourth-order valence-electron chi connectivity index (χ4n) is 3.31. The highest BCUT2D eigenvalue weighted by molar-refractivity contribution is 14.0. The molecule has 2 unspecified atom stereocenters. The molecule has 0 amide bonds. The zero-order chi connectivity index (χ0) is 20.7. The van der Waals surface area contributed by atoms with E-state index in [1.165, 1.54) is 14.2 Å². The van der Waals surface area contributed by atoms with Gasteiger partial charge in [-0.15, -0.1) is 24.0 Å². The van der Waals surface area contributed by atoms with Crippen molar-refractivity contribution in [3.05, 3.63) is 23.8 Å². The number of likely N-dealkylation sites (tertiary alicyclic amines) is 1. The van der Waals surface area contributed by atoms with Gasteiger partial charge in [0.05, 0.1) is 20.1 Å². The van der Waals surface area contributed by atoms with Crippen molar-refractivity contribution in [1.82, 2.24) is 10.2 Å². The van der Waals surface area contributed by atoms with Crippen LogP contribution < -0.4 is 14.8 Å². The number of hydrogen-bond acceptors (Lipinski definition) is 5. The van der Waals surface area contributed by atoms with Gasteiger partial charge in [-0.3, -0.25) is 9.79 Å². The number of alkyl halides is 2. The Bertz CT molecular complexity index is 706. The Morgan fingerprint density at radius 2 is 2.03 bits per heavy atom. The average Bonchev–Trinajstić information content (AvgIpc) is 3.05. The Labute approximate surface area is 186 Å². The number of methoxy groups -OCH3 is 2. The Hall–Kier alpha value is -1.85. The highest BCUT2D eigenvalue weighted by Gasteiger charge is 2.36. The molecule has 2 rings (SSSR count). The van der Waals surface area contributed by atoms with Gasteiger partial charge < -0.3 is 24.4 Å². The van der Waals surface area contributed by atoms with Crippen molar-refractivity contribution in [2.45, 2.75) is 20.0 Å². The van der Waals surface area contributed by atoms with Crippen LogP contribution in [-0.4, -0.2) is 64.3 Å². The van der Waals surface area contributed by atoms with Gasteiger partial charge >= 0.3 is 12.6 Å². The number of aliphatic imine (C=N–C) groups is 1. The van der Waals surface area contributed by atoms with Gasteiger partial charge in [0, 0.05) is 26.7 Å². The molecule has 0 radical (unpaired) electrons. The van der Waals surface area contributed by atoms with E-state index in [1.54, 1.807) is 25.2 Å². The average molecular weight is 527 g/mol. The van der Waals surface area contributed by atoms with Gasteiger partial charge in [-0.25, -0.2) is 0 Å². The van der Waals surface area contributed by atoms with E-state index in [1.807, 2.05) is 11.8 Å². The zero-order valence-corrected chi connectivity index (χ0v) is 19.3. The second-order valence-electron chi connectivity index (χ2n) is 6.60. The maximum atomic E-state index is 12.5. The molecule has 1 saturated heterocycles. The lowest BCUT2D eigenvalue weighted by Crippen LogP contribution is -2.41. The summed E-state index contributed by atoms with van der Waals surface area (Å²) in [5, 5.41) is 3.25. The molecule has 1 aliphatic rings. The van der Waals surface area contributed by atoms with E-state index in [9.17, 15) is 13.6 Å². The van der Waals surface area contributed by atoms with Gasteiger partial charge in [-0.1, -0.05) is 13.0 Å². The lowest BCUT2D eigenvalue weighted by Gasteiger charge is -2.21. The third-order valence-electron chi connectivity index (χ3n) is 4.77. The Kier molecular flexibility index (Phi) is 10.4. The largest absolute Gasteiger partial charge is 0.493 e. The molecule has 1 aromatic carbocycles. The molecule has 0 spiro atoms. The normalized spacial score (nSPS) is 19.0. The molecular formula is C19H28F2IN3O4. The van der Waals surface area contributed by atoms with E-state index in [0.29, 0.717) is 32.0 Å². The van der Waals surface area contributed by atoms with E-state index in [4.69, 9.17) is 9.47 Å². The topological polar surface area (TPSA) is 72.4 Å².